The number of hydrogen-bond donors (Lipinski definition) is 2. The van der Waals surface area contributed by atoms with Crippen molar-refractivity contribution >= 4 is 33.3 Å². The van der Waals surface area contributed by atoms with Gasteiger partial charge in [0.05, 0.1) is 5.56 Å². The number of aromatic nitrogens is 1. The maximum absolute atomic E-state index is 13.7. The van der Waals surface area contributed by atoms with Gasteiger partial charge in [0.1, 0.15) is 0 Å². The molecule has 20 heavy (non-hydrogen) atoms. The Bertz CT molecular complexity index is 665. The molecule has 1 heterocycles. The van der Waals surface area contributed by atoms with E-state index in [1.807, 2.05) is 13.8 Å². The van der Waals surface area contributed by atoms with E-state index in [2.05, 4.69) is 26.2 Å². The first-order chi connectivity index (χ1) is 9.40. The number of nitrogens with two attached hydrogens (primary N) is 1. The fourth-order valence-electron chi connectivity index (χ4n) is 1.85. The fourth-order valence-corrected chi connectivity index (χ4v) is 2.08. The van der Waals surface area contributed by atoms with Gasteiger partial charge in [-0.05, 0) is 43.2 Å². The van der Waals surface area contributed by atoms with E-state index in [9.17, 15) is 9.18 Å². The summed E-state index contributed by atoms with van der Waals surface area (Å²) in [6, 6.07) is 4.90. The first-order valence-corrected chi connectivity index (χ1v) is 6.67. The SMILES string of the molecule is Cc1cc(NC(=O)c2ccnc(N)c2F)cc(C)c1Br. The molecule has 4 nitrogen and oxygen atoms in total. The molecule has 0 aliphatic rings. The minimum atomic E-state index is -0.810. The van der Waals surface area contributed by atoms with Gasteiger partial charge in [-0.2, -0.15) is 0 Å². The number of anilines is 2. The summed E-state index contributed by atoms with van der Waals surface area (Å²) in [5.41, 5.74) is 7.78. The first kappa shape index (κ1) is 14.5. The smallest absolute Gasteiger partial charge is 0.258 e. The molecule has 0 radical (unpaired) electrons. The molecule has 2 rings (SSSR count). The van der Waals surface area contributed by atoms with Crippen molar-refractivity contribution in [3.63, 3.8) is 0 Å². The number of nitrogens with zero attached hydrogens (tertiary/aromatic N) is 1. The van der Waals surface area contributed by atoms with E-state index in [1.165, 1.54) is 12.3 Å². The maximum Gasteiger partial charge on any atom is 0.258 e. The average molecular weight is 338 g/mol. The van der Waals surface area contributed by atoms with Crippen LogP contribution in [-0.4, -0.2) is 10.9 Å². The highest BCUT2D eigenvalue weighted by Gasteiger charge is 2.15. The largest absolute Gasteiger partial charge is 0.381 e. The van der Waals surface area contributed by atoms with Crippen LogP contribution >= 0.6 is 15.9 Å². The average Bonchev–Trinajstić information content (AvgIpc) is 2.39. The Morgan fingerprint density at radius 2 is 1.95 bits per heavy atom. The van der Waals surface area contributed by atoms with Crippen LogP contribution in [0.4, 0.5) is 15.9 Å². The van der Waals surface area contributed by atoms with E-state index in [1.54, 1.807) is 12.1 Å². The highest BCUT2D eigenvalue weighted by Crippen LogP contribution is 2.25. The van der Waals surface area contributed by atoms with Crippen LogP contribution in [0.15, 0.2) is 28.9 Å². The number of halogens is 2. The predicted octanol–water partition coefficient (Wildman–Crippen LogP) is 3.43. The number of aryl methyl sites for hydroxylation is 2. The van der Waals surface area contributed by atoms with Gasteiger partial charge < -0.3 is 11.1 Å². The van der Waals surface area contributed by atoms with Crippen molar-refractivity contribution in [3.8, 4) is 0 Å². The van der Waals surface area contributed by atoms with Crippen LogP contribution < -0.4 is 11.1 Å². The van der Waals surface area contributed by atoms with Crippen LogP contribution in [0.2, 0.25) is 0 Å². The molecular weight excluding hydrogens is 325 g/mol. The van der Waals surface area contributed by atoms with Gasteiger partial charge in [0.15, 0.2) is 11.6 Å². The number of amides is 1. The molecule has 104 valence electrons. The van der Waals surface area contributed by atoms with Crippen LogP contribution in [0.3, 0.4) is 0 Å². The summed E-state index contributed by atoms with van der Waals surface area (Å²) < 4.78 is 14.7. The Morgan fingerprint density at radius 3 is 2.55 bits per heavy atom. The van der Waals surface area contributed by atoms with Gasteiger partial charge in [0, 0.05) is 16.4 Å². The van der Waals surface area contributed by atoms with Crippen molar-refractivity contribution in [2.75, 3.05) is 11.1 Å². The lowest BCUT2D eigenvalue weighted by Gasteiger charge is -2.10. The van der Waals surface area contributed by atoms with Gasteiger partial charge in [0.2, 0.25) is 0 Å². The van der Waals surface area contributed by atoms with Crippen molar-refractivity contribution in [2.45, 2.75) is 13.8 Å². The molecule has 3 N–H and O–H groups in total. The van der Waals surface area contributed by atoms with Gasteiger partial charge in [0.25, 0.3) is 5.91 Å². The molecule has 0 atom stereocenters. The molecule has 0 fully saturated rings. The molecule has 1 aromatic carbocycles. The summed E-state index contributed by atoms with van der Waals surface area (Å²) in [6.07, 6.45) is 1.30. The molecule has 6 heteroatoms. The standard InChI is InChI=1S/C14H13BrFN3O/c1-7-5-9(6-8(2)11(7)15)19-14(20)10-3-4-18-13(17)12(10)16/h3-6H,1-2H3,(H2,17,18)(H,19,20). The van der Waals surface area contributed by atoms with Gasteiger partial charge in [-0.1, -0.05) is 15.9 Å². The highest BCUT2D eigenvalue weighted by molar-refractivity contribution is 9.10. The second-order valence-corrected chi connectivity index (χ2v) is 5.23. The van der Waals surface area contributed by atoms with E-state index in [4.69, 9.17) is 5.73 Å². The van der Waals surface area contributed by atoms with E-state index in [0.29, 0.717) is 5.69 Å². The molecular formula is C14H13BrFN3O. The first-order valence-electron chi connectivity index (χ1n) is 5.88. The summed E-state index contributed by atoms with van der Waals surface area (Å²) in [6.45, 7) is 3.83. The summed E-state index contributed by atoms with van der Waals surface area (Å²) >= 11 is 3.45. The van der Waals surface area contributed by atoms with Gasteiger partial charge in [-0.25, -0.2) is 9.37 Å². The van der Waals surface area contributed by atoms with Crippen molar-refractivity contribution in [1.82, 2.24) is 4.98 Å². The van der Waals surface area contributed by atoms with E-state index in [-0.39, 0.29) is 11.4 Å². The molecule has 0 aliphatic carbocycles. The number of rotatable bonds is 2. The van der Waals surface area contributed by atoms with Gasteiger partial charge >= 0.3 is 0 Å². The highest BCUT2D eigenvalue weighted by atomic mass is 79.9. The number of hydrogen-bond acceptors (Lipinski definition) is 3. The summed E-state index contributed by atoms with van der Waals surface area (Å²) in [4.78, 5) is 15.6. The minimum Gasteiger partial charge on any atom is -0.381 e. The molecule has 0 spiro atoms. The topological polar surface area (TPSA) is 68.0 Å². The lowest BCUT2D eigenvalue weighted by Crippen LogP contribution is -2.15. The third kappa shape index (κ3) is 2.80. The fraction of sp³-hybridized carbons (Fsp3) is 0.143. The van der Waals surface area contributed by atoms with Crippen LogP contribution in [0.1, 0.15) is 21.5 Å². The van der Waals surface area contributed by atoms with Crippen molar-refractivity contribution in [2.24, 2.45) is 0 Å². The number of carbonyl (C=O) groups excluding carboxylic acids is 1. The summed E-state index contributed by atoms with van der Waals surface area (Å²) in [5.74, 6) is -1.66. The molecule has 1 amide bonds. The number of pyridine rings is 1. The number of nitrogen functional groups attached to an aromatic ring is 1. The van der Waals surface area contributed by atoms with Crippen LogP contribution in [0, 0.1) is 19.7 Å². The quantitative estimate of drug-likeness (QED) is 0.881. The summed E-state index contributed by atoms with van der Waals surface area (Å²) in [7, 11) is 0. The third-order valence-corrected chi connectivity index (χ3v) is 4.11. The van der Waals surface area contributed by atoms with Crippen molar-refractivity contribution in [3.05, 3.63) is 51.4 Å². The molecule has 1 aromatic heterocycles. The van der Waals surface area contributed by atoms with Gasteiger partial charge in [-0.15, -0.1) is 0 Å². The Morgan fingerprint density at radius 1 is 1.35 bits per heavy atom. The molecule has 0 unspecified atom stereocenters. The molecule has 2 aromatic rings. The summed E-state index contributed by atoms with van der Waals surface area (Å²) in [5, 5.41) is 2.65. The van der Waals surface area contributed by atoms with Gasteiger partial charge in [-0.3, -0.25) is 4.79 Å². The zero-order valence-corrected chi connectivity index (χ0v) is 12.6. The number of carbonyl (C=O) groups is 1. The van der Waals surface area contributed by atoms with E-state index < -0.39 is 11.7 Å². The second-order valence-electron chi connectivity index (χ2n) is 4.44. The number of benzene rings is 1. The Kier molecular flexibility index (Phi) is 4.04. The lowest BCUT2D eigenvalue weighted by molar-refractivity contribution is 0.102. The monoisotopic (exact) mass is 337 g/mol. The molecule has 0 aliphatic heterocycles. The van der Waals surface area contributed by atoms with E-state index in [0.717, 1.165) is 15.6 Å². The molecule has 0 saturated heterocycles. The predicted molar refractivity (Wildman–Crippen MR) is 80.2 cm³/mol. The van der Waals surface area contributed by atoms with Crippen molar-refractivity contribution < 1.29 is 9.18 Å². The van der Waals surface area contributed by atoms with Crippen LogP contribution in [0.25, 0.3) is 0 Å². The Hall–Kier alpha value is -1.95. The second kappa shape index (κ2) is 5.58. The van der Waals surface area contributed by atoms with Crippen molar-refractivity contribution in [1.29, 1.82) is 0 Å². The Labute approximate surface area is 124 Å². The normalized spacial score (nSPS) is 10.4. The minimum absolute atomic E-state index is 0.129. The van der Waals surface area contributed by atoms with Crippen LogP contribution in [-0.2, 0) is 0 Å². The third-order valence-electron chi connectivity index (χ3n) is 2.86. The number of nitrogens with one attached hydrogen (secondary N) is 1. The van der Waals surface area contributed by atoms with Crippen LogP contribution in [0.5, 0.6) is 0 Å². The lowest BCUT2D eigenvalue weighted by atomic mass is 10.1. The van der Waals surface area contributed by atoms with E-state index >= 15 is 0 Å². The molecule has 0 saturated carbocycles. The Balaban J connectivity index is 2.30. The molecule has 0 bridgehead atoms. The zero-order valence-electron chi connectivity index (χ0n) is 11.0. The zero-order chi connectivity index (χ0) is 14.9. The maximum atomic E-state index is 13.7.